The zero-order valence-corrected chi connectivity index (χ0v) is 6.33. The molecule has 0 aromatic carbocycles. The molecule has 1 aromatic heterocycles. The van der Waals surface area contributed by atoms with Gasteiger partial charge in [-0.25, -0.2) is 4.57 Å². The van der Waals surface area contributed by atoms with E-state index in [-0.39, 0.29) is 7.43 Å². The highest BCUT2D eigenvalue weighted by molar-refractivity contribution is 4.83. The standard InChI is InChI=1S/C8H10N.CH3/c1-2-6-9-7-4-3-5-8-9;/h2-5,7-8H,1,6H2;1H3/q+1;-1. The van der Waals surface area contributed by atoms with E-state index in [1.54, 1.807) is 0 Å². The van der Waals surface area contributed by atoms with Gasteiger partial charge in [0.05, 0.1) is 0 Å². The van der Waals surface area contributed by atoms with E-state index in [9.17, 15) is 0 Å². The summed E-state index contributed by atoms with van der Waals surface area (Å²) in [6.45, 7) is 4.52. The lowest BCUT2D eigenvalue weighted by Crippen LogP contribution is -2.30. The van der Waals surface area contributed by atoms with Crippen molar-refractivity contribution in [2.45, 2.75) is 6.54 Å². The molecular formula is C9H13N. The highest BCUT2D eigenvalue weighted by atomic mass is 14.9. The summed E-state index contributed by atoms with van der Waals surface area (Å²) in [7, 11) is 0. The van der Waals surface area contributed by atoms with E-state index < -0.39 is 0 Å². The third-order valence-electron chi connectivity index (χ3n) is 1.12. The zero-order valence-electron chi connectivity index (χ0n) is 6.33. The highest BCUT2D eigenvalue weighted by Crippen LogP contribution is 1.75. The van der Waals surface area contributed by atoms with Crippen LogP contribution in [0.15, 0.2) is 43.2 Å². The molecular weight excluding hydrogens is 122 g/mol. The first-order valence-electron chi connectivity index (χ1n) is 2.98. The van der Waals surface area contributed by atoms with E-state index in [2.05, 4.69) is 11.1 Å². The summed E-state index contributed by atoms with van der Waals surface area (Å²) >= 11 is 0. The van der Waals surface area contributed by atoms with Crippen LogP contribution in [0.5, 0.6) is 0 Å². The van der Waals surface area contributed by atoms with Gasteiger partial charge in [-0.3, -0.25) is 0 Å². The molecule has 0 amide bonds. The van der Waals surface area contributed by atoms with Gasteiger partial charge in [0.25, 0.3) is 0 Å². The van der Waals surface area contributed by atoms with E-state index in [4.69, 9.17) is 0 Å². The largest absolute Gasteiger partial charge is 0.358 e. The number of nitrogens with zero attached hydrogens (tertiary/aromatic N) is 1. The Morgan fingerprint density at radius 1 is 1.20 bits per heavy atom. The summed E-state index contributed by atoms with van der Waals surface area (Å²) < 4.78 is 2.06. The van der Waals surface area contributed by atoms with Gasteiger partial charge in [0.2, 0.25) is 0 Å². The number of hydrogen-bond donors (Lipinski definition) is 0. The van der Waals surface area contributed by atoms with Gasteiger partial charge in [-0.1, -0.05) is 12.6 Å². The smallest absolute Gasteiger partial charge is 0.169 e. The molecule has 0 atom stereocenters. The van der Waals surface area contributed by atoms with Crippen LogP contribution in [0.1, 0.15) is 0 Å². The van der Waals surface area contributed by atoms with E-state index >= 15 is 0 Å². The zero-order chi connectivity index (χ0) is 6.53. The van der Waals surface area contributed by atoms with Crippen molar-refractivity contribution < 1.29 is 4.57 Å². The molecule has 0 spiro atoms. The van der Waals surface area contributed by atoms with Crippen LogP contribution in [-0.2, 0) is 6.54 Å². The molecule has 0 unspecified atom stereocenters. The van der Waals surface area contributed by atoms with Crippen LogP contribution >= 0.6 is 0 Å². The molecule has 0 fully saturated rings. The van der Waals surface area contributed by atoms with Crippen molar-refractivity contribution >= 4 is 0 Å². The summed E-state index contributed by atoms with van der Waals surface area (Å²) in [5, 5.41) is 0. The van der Waals surface area contributed by atoms with Crippen molar-refractivity contribution in [2.75, 3.05) is 0 Å². The van der Waals surface area contributed by atoms with Gasteiger partial charge < -0.3 is 7.43 Å². The molecule has 0 N–H and O–H groups in total. The van der Waals surface area contributed by atoms with Crippen molar-refractivity contribution in [1.82, 2.24) is 0 Å². The summed E-state index contributed by atoms with van der Waals surface area (Å²) in [4.78, 5) is 0. The summed E-state index contributed by atoms with van der Waals surface area (Å²) in [6.07, 6.45) is 5.91. The molecule has 1 nitrogen and oxygen atoms in total. The van der Waals surface area contributed by atoms with Gasteiger partial charge in [-0.05, 0) is 6.08 Å². The van der Waals surface area contributed by atoms with Crippen LogP contribution in [0.25, 0.3) is 0 Å². The van der Waals surface area contributed by atoms with Crippen LogP contribution in [0, 0.1) is 7.43 Å². The topological polar surface area (TPSA) is 3.88 Å². The lowest BCUT2D eigenvalue weighted by molar-refractivity contribution is -0.687. The first-order chi connectivity index (χ1) is 4.43. The summed E-state index contributed by atoms with van der Waals surface area (Å²) in [5.74, 6) is 0. The number of allylic oxidation sites excluding steroid dienone is 1. The highest BCUT2D eigenvalue weighted by Gasteiger charge is 1.88. The normalized spacial score (nSPS) is 8.00. The Hall–Kier alpha value is -1.11. The van der Waals surface area contributed by atoms with Gasteiger partial charge in [0.15, 0.2) is 18.9 Å². The minimum Gasteiger partial charge on any atom is -0.358 e. The van der Waals surface area contributed by atoms with Gasteiger partial charge in [-0.15, -0.1) is 0 Å². The first kappa shape index (κ1) is 8.89. The van der Waals surface area contributed by atoms with Crippen LogP contribution in [0.3, 0.4) is 0 Å². The third-order valence-corrected chi connectivity index (χ3v) is 1.12. The van der Waals surface area contributed by atoms with Crippen molar-refractivity contribution in [3.63, 3.8) is 0 Å². The summed E-state index contributed by atoms with van der Waals surface area (Å²) in [5.41, 5.74) is 0. The number of hydrogen-bond acceptors (Lipinski definition) is 0. The SMILES string of the molecule is C=CC[n+]1ccccc1.[CH3-]. The molecule has 0 saturated carbocycles. The summed E-state index contributed by atoms with van der Waals surface area (Å²) in [6, 6.07) is 6.01. The Morgan fingerprint density at radius 2 is 1.80 bits per heavy atom. The predicted molar refractivity (Wildman–Crippen MR) is 43.2 cm³/mol. The molecule has 1 aromatic rings. The Balaban J connectivity index is 0.000000810. The molecule has 0 aliphatic heterocycles. The molecule has 0 bridgehead atoms. The molecule has 10 heavy (non-hydrogen) atoms. The molecule has 1 heteroatoms. The van der Waals surface area contributed by atoms with Crippen LogP contribution < -0.4 is 4.57 Å². The maximum atomic E-state index is 3.64. The Bertz CT molecular complexity index is 179. The van der Waals surface area contributed by atoms with Gasteiger partial charge in [-0.2, -0.15) is 0 Å². The number of pyridine rings is 1. The average Bonchev–Trinajstić information content (AvgIpc) is 1.91. The molecule has 0 radical (unpaired) electrons. The quantitative estimate of drug-likeness (QED) is 0.329. The second kappa shape index (κ2) is 4.74. The third kappa shape index (κ3) is 2.44. The maximum absolute atomic E-state index is 3.64. The van der Waals surface area contributed by atoms with Crippen molar-refractivity contribution in [3.8, 4) is 0 Å². The molecule has 54 valence electrons. The Morgan fingerprint density at radius 3 is 2.30 bits per heavy atom. The molecule has 0 aliphatic carbocycles. The fourth-order valence-electron chi connectivity index (χ4n) is 0.705. The van der Waals surface area contributed by atoms with E-state index in [1.807, 2.05) is 36.7 Å². The second-order valence-corrected chi connectivity index (χ2v) is 1.86. The number of aromatic nitrogens is 1. The lowest BCUT2D eigenvalue weighted by atomic mass is 10.5. The van der Waals surface area contributed by atoms with Crippen molar-refractivity contribution in [3.05, 3.63) is 50.7 Å². The van der Waals surface area contributed by atoms with E-state index in [0.717, 1.165) is 6.54 Å². The van der Waals surface area contributed by atoms with Crippen LogP contribution in [0.4, 0.5) is 0 Å². The average molecular weight is 135 g/mol. The fourth-order valence-corrected chi connectivity index (χ4v) is 0.705. The molecule has 0 saturated heterocycles. The Kier molecular flexibility index (Phi) is 4.21. The van der Waals surface area contributed by atoms with Crippen LogP contribution in [-0.4, -0.2) is 0 Å². The van der Waals surface area contributed by atoms with Gasteiger partial charge >= 0.3 is 0 Å². The van der Waals surface area contributed by atoms with Crippen molar-refractivity contribution in [1.29, 1.82) is 0 Å². The lowest BCUT2D eigenvalue weighted by Gasteiger charge is -1.86. The fraction of sp³-hybridized carbons (Fsp3) is 0.111. The predicted octanol–water partition coefficient (Wildman–Crippen LogP) is 1.61. The second-order valence-electron chi connectivity index (χ2n) is 1.86. The van der Waals surface area contributed by atoms with E-state index in [1.165, 1.54) is 0 Å². The minimum atomic E-state index is 0. The number of rotatable bonds is 2. The van der Waals surface area contributed by atoms with Gasteiger partial charge in [0.1, 0.15) is 0 Å². The maximum Gasteiger partial charge on any atom is 0.169 e. The monoisotopic (exact) mass is 135 g/mol. The first-order valence-corrected chi connectivity index (χ1v) is 2.98. The van der Waals surface area contributed by atoms with E-state index in [0.29, 0.717) is 0 Å². The van der Waals surface area contributed by atoms with Crippen LogP contribution in [0.2, 0.25) is 0 Å². The molecule has 1 rings (SSSR count). The molecule has 0 aliphatic rings. The Labute approximate surface area is 62.6 Å². The minimum absolute atomic E-state index is 0. The van der Waals surface area contributed by atoms with Crippen molar-refractivity contribution in [2.24, 2.45) is 0 Å². The molecule has 1 heterocycles. The van der Waals surface area contributed by atoms with Gasteiger partial charge in [0, 0.05) is 12.1 Å².